The van der Waals surface area contributed by atoms with Gasteiger partial charge in [-0.25, -0.2) is 9.98 Å². The number of aliphatic imine (C=N–C) groups is 1. The molecule has 6 heteroatoms. The Morgan fingerprint density at radius 3 is 2.64 bits per heavy atom. The van der Waals surface area contributed by atoms with Crippen molar-refractivity contribution in [1.82, 2.24) is 20.5 Å². The van der Waals surface area contributed by atoms with Gasteiger partial charge in [-0.05, 0) is 56.8 Å². The van der Waals surface area contributed by atoms with Crippen LogP contribution >= 0.6 is 11.3 Å². The maximum absolute atomic E-state index is 4.82. The molecule has 3 rings (SSSR count). The van der Waals surface area contributed by atoms with Crippen molar-refractivity contribution in [3.8, 4) is 0 Å². The van der Waals surface area contributed by atoms with Gasteiger partial charge >= 0.3 is 0 Å². The number of rotatable bonds is 7. The number of hydrogen-bond donors (Lipinski definition) is 2. The molecule has 1 fully saturated rings. The molecule has 0 unspecified atom stereocenters. The number of aryl methyl sites for hydroxylation is 1. The van der Waals surface area contributed by atoms with Gasteiger partial charge in [-0.2, -0.15) is 0 Å². The highest BCUT2D eigenvalue weighted by atomic mass is 32.1. The van der Waals surface area contributed by atoms with Gasteiger partial charge in [0, 0.05) is 24.2 Å². The lowest BCUT2D eigenvalue weighted by Gasteiger charge is -2.30. The quantitative estimate of drug-likeness (QED) is 0.547. The Balaban J connectivity index is 1.61. The average Bonchev–Trinajstić information content (AvgIpc) is 3.12. The molecular weight excluding hydrogens is 366 g/mol. The highest BCUT2D eigenvalue weighted by molar-refractivity contribution is 7.11. The molecule has 0 radical (unpaired) electrons. The third-order valence-electron chi connectivity index (χ3n) is 5.22. The van der Waals surface area contributed by atoms with Crippen LogP contribution in [0, 0.1) is 12.8 Å². The zero-order valence-corrected chi connectivity index (χ0v) is 18.2. The molecule has 1 aromatic heterocycles. The number of thiazole rings is 1. The summed E-state index contributed by atoms with van der Waals surface area (Å²) >= 11 is 1.72. The van der Waals surface area contributed by atoms with Gasteiger partial charge in [0.05, 0.1) is 13.1 Å². The lowest BCUT2D eigenvalue weighted by atomic mass is 9.98. The number of likely N-dealkylation sites (tertiary alicyclic amines) is 1. The largest absolute Gasteiger partial charge is 0.357 e. The molecule has 0 bridgehead atoms. The Morgan fingerprint density at radius 1 is 1.21 bits per heavy atom. The summed E-state index contributed by atoms with van der Waals surface area (Å²) in [6, 6.07) is 8.72. The Bertz CT molecular complexity index is 762. The Labute approximate surface area is 173 Å². The highest BCUT2D eigenvalue weighted by Gasteiger charge is 2.16. The molecule has 0 amide bonds. The highest BCUT2D eigenvalue weighted by Crippen LogP contribution is 2.20. The lowest BCUT2D eigenvalue weighted by Crippen LogP contribution is -2.36. The molecule has 152 valence electrons. The maximum Gasteiger partial charge on any atom is 0.191 e. The van der Waals surface area contributed by atoms with Crippen LogP contribution < -0.4 is 10.6 Å². The second-order valence-electron chi connectivity index (χ2n) is 7.64. The Hall–Kier alpha value is -1.92. The average molecular weight is 400 g/mol. The zero-order valence-electron chi connectivity index (χ0n) is 17.4. The van der Waals surface area contributed by atoms with E-state index in [1.54, 1.807) is 11.3 Å². The van der Waals surface area contributed by atoms with E-state index in [1.807, 2.05) is 6.20 Å². The molecular formula is C22H33N5S. The number of nitrogens with one attached hydrogen (secondary N) is 2. The number of nitrogens with zero attached hydrogens (tertiary/aromatic N) is 3. The van der Waals surface area contributed by atoms with Crippen LogP contribution in [0.2, 0.25) is 0 Å². The lowest BCUT2D eigenvalue weighted by molar-refractivity contribution is 0.185. The van der Waals surface area contributed by atoms with E-state index in [2.05, 4.69) is 65.6 Å². The van der Waals surface area contributed by atoms with Crippen LogP contribution in [0.1, 0.15) is 47.7 Å². The van der Waals surface area contributed by atoms with Crippen molar-refractivity contribution < 1.29 is 0 Å². The summed E-state index contributed by atoms with van der Waals surface area (Å²) in [5.74, 6) is 1.71. The van der Waals surface area contributed by atoms with E-state index in [-0.39, 0.29) is 0 Å². The number of piperidine rings is 1. The van der Waals surface area contributed by atoms with Gasteiger partial charge in [-0.15, -0.1) is 11.3 Å². The van der Waals surface area contributed by atoms with E-state index in [0.29, 0.717) is 13.1 Å². The molecule has 0 spiro atoms. The van der Waals surface area contributed by atoms with E-state index in [4.69, 9.17) is 4.99 Å². The van der Waals surface area contributed by atoms with Crippen molar-refractivity contribution in [2.45, 2.75) is 53.2 Å². The SMILES string of the molecule is CCNC(=NCc1ccccc1CN1CCC(C)CC1)NCc1ncc(C)s1. The molecule has 0 aliphatic carbocycles. The fourth-order valence-electron chi connectivity index (χ4n) is 3.48. The van der Waals surface area contributed by atoms with Gasteiger partial charge in [0.25, 0.3) is 0 Å². The van der Waals surface area contributed by atoms with Crippen molar-refractivity contribution in [1.29, 1.82) is 0 Å². The first-order valence-electron chi connectivity index (χ1n) is 10.4. The second-order valence-corrected chi connectivity index (χ2v) is 8.96. The number of aromatic nitrogens is 1. The normalized spacial score (nSPS) is 16.3. The summed E-state index contributed by atoms with van der Waals surface area (Å²) in [4.78, 5) is 13.1. The molecule has 2 aromatic rings. The molecule has 2 N–H and O–H groups in total. The summed E-state index contributed by atoms with van der Waals surface area (Å²) in [5.41, 5.74) is 2.70. The summed E-state index contributed by atoms with van der Waals surface area (Å²) in [5, 5.41) is 7.83. The molecule has 1 saturated heterocycles. The number of hydrogen-bond acceptors (Lipinski definition) is 4. The van der Waals surface area contributed by atoms with Crippen molar-refractivity contribution >= 4 is 17.3 Å². The van der Waals surface area contributed by atoms with Gasteiger partial charge in [0.2, 0.25) is 0 Å². The van der Waals surface area contributed by atoms with E-state index >= 15 is 0 Å². The molecule has 5 nitrogen and oxygen atoms in total. The first-order valence-corrected chi connectivity index (χ1v) is 11.2. The van der Waals surface area contributed by atoms with E-state index in [1.165, 1.54) is 41.9 Å². The predicted molar refractivity (Wildman–Crippen MR) is 119 cm³/mol. The third-order valence-corrected chi connectivity index (χ3v) is 6.13. The molecule has 0 saturated carbocycles. The van der Waals surface area contributed by atoms with Crippen LogP contribution in [-0.2, 0) is 19.6 Å². The van der Waals surface area contributed by atoms with E-state index in [9.17, 15) is 0 Å². The molecule has 2 heterocycles. The van der Waals surface area contributed by atoms with Crippen LogP contribution in [0.5, 0.6) is 0 Å². The van der Waals surface area contributed by atoms with Crippen molar-refractivity contribution in [3.05, 3.63) is 51.5 Å². The number of guanidine groups is 1. The molecule has 1 aliphatic heterocycles. The summed E-state index contributed by atoms with van der Waals surface area (Å²) in [6.45, 7) is 12.2. The molecule has 1 aromatic carbocycles. The van der Waals surface area contributed by atoms with Gasteiger partial charge in [-0.1, -0.05) is 31.2 Å². The first kappa shape index (κ1) is 20.8. The van der Waals surface area contributed by atoms with Crippen LogP contribution in [0.25, 0.3) is 0 Å². The van der Waals surface area contributed by atoms with Crippen molar-refractivity contribution in [3.63, 3.8) is 0 Å². The van der Waals surface area contributed by atoms with Crippen molar-refractivity contribution in [2.75, 3.05) is 19.6 Å². The van der Waals surface area contributed by atoms with Crippen LogP contribution in [-0.4, -0.2) is 35.5 Å². The number of benzene rings is 1. The minimum Gasteiger partial charge on any atom is -0.357 e. The van der Waals surface area contributed by atoms with E-state index in [0.717, 1.165) is 30.0 Å². The van der Waals surface area contributed by atoms with Crippen LogP contribution in [0.15, 0.2) is 35.5 Å². The zero-order chi connectivity index (χ0) is 19.8. The smallest absolute Gasteiger partial charge is 0.191 e. The van der Waals surface area contributed by atoms with Gasteiger partial charge in [0.1, 0.15) is 5.01 Å². The molecule has 0 atom stereocenters. The first-order chi connectivity index (χ1) is 13.6. The topological polar surface area (TPSA) is 52.6 Å². The summed E-state index contributed by atoms with van der Waals surface area (Å²) in [6.07, 6.45) is 4.54. The van der Waals surface area contributed by atoms with Crippen LogP contribution in [0.3, 0.4) is 0 Å². The summed E-state index contributed by atoms with van der Waals surface area (Å²) in [7, 11) is 0. The minimum atomic E-state index is 0.687. The predicted octanol–water partition coefficient (Wildman–Crippen LogP) is 3.94. The van der Waals surface area contributed by atoms with Gasteiger partial charge < -0.3 is 10.6 Å². The van der Waals surface area contributed by atoms with Crippen molar-refractivity contribution in [2.24, 2.45) is 10.9 Å². The Kier molecular flexibility index (Phi) is 7.86. The van der Waals surface area contributed by atoms with Crippen LogP contribution in [0.4, 0.5) is 0 Å². The monoisotopic (exact) mass is 399 g/mol. The maximum atomic E-state index is 4.82. The molecule has 28 heavy (non-hydrogen) atoms. The molecule has 1 aliphatic rings. The standard InChI is InChI=1S/C22H33N5S/c1-4-23-22(26-15-21-24-13-18(3)28-21)25-14-19-7-5-6-8-20(19)16-27-11-9-17(2)10-12-27/h5-8,13,17H,4,9-12,14-16H2,1-3H3,(H2,23,25,26). The van der Waals surface area contributed by atoms with Gasteiger partial charge in [-0.3, -0.25) is 4.90 Å². The summed E-state index contributed by atoms with van der Waals surface area (Å²) < 4.78 is 0. The fourth-order valence-corrected chi connectivity index (χ4v) is 4.20. The fraction of sp³-hybridized carbons (Fsp3) is 0.545. The van der Waals surface area contributed by atoms with E-state index < -0.39 is 0 Å². The van der Waals surface area contributed by atoms with Gasteiger partial charge in [0.15, 0.2) is 5.96 Å². The minimum absolute atomic E-state index is 0.687. The Morgan fingerprint density at radius 2 is 1.96 bits per heavy atom. The second kappa shape index (κ2) is 10.6. The third kappa shape index (κ3) is 6.31.